The van der Waals surface area contributed by atoms with Gasteiger partial charge in [-0.2, -0.15) is 0 Å². The molecule has 3 N–H and O–H groups in total. The Balaban J connectivity index is 1.51. The monoisotopic (exact) mass is 295 g/mol. The molecule has 1 aromatic heterocycles. The number of nitrogens with zero attached hydrogens (tertiary/aromatic N) is 3. The van der Waals surface area contributed by atoms with Gasteiger partial charge in [0.2, 0.25) is 0 Å². The van der Waals surface area contributed by atoms with Crippen LogP contribution in [0.4, 0.5) is 11.6 Å². The number of rotatable bonds is 4. The second kappa shape index (κ2) is 5.57. The lowest BCUT2D eigenvalue weighted by Crippen LogP contribution is -2.29. The molecule has 0 spiro atoms. The first kappa shape index (κ1) is 13.5. The van der Waals surface area contributed by atoms with Gasteiger partial charge in [-0.15, -0.1) is 0 Å². The summed E-state index contributed by atoms with van der Waals surface area (Å²) in [5, 5.41) is 3.42. The third-order valence-corrected chi connectivity index (χ3v) is 4.50. The van der Waals surface area contributed by atoms with Gasteiger partial charge < -0.3 is 16.0 Å². The SMILES string of the molecule is N[C@H]1CN(c2cc(NC3CC3)ncn2)C[C@@H]1c1ccccc1. The number of nitrogens with one attached hydrogen (secondary N) is 1. The Morgan fingerprint density at radius 1 is 1.09 bits per heavy atom. The average molecular weight is 295 g/mol. The molecule has 5 nitrogen and oxygen atoms in total. The largest absolute Gasteiger partial charge is 0.367 e. The molecule has 2 heterocycles. The molecule has 0 unspecified atom stereocenters. The highest BCUT2D eigenvalue weighted by molar-refractivity contribution is 5.51. The van der Waals surface area contributed by atoms with Crippen LogP contribution >= 0.6 is 0 Å². The number of benzene rings is 1. The van der Waals surface area contributed by atoms with Crippen LogP contribution in [-0.4, -0.2) is 35.1 Å². The molecule has 2 aromatic rings. The van der Waals surface area contributed by atoms with Gasteiger partial charge in [-0.25, -0.2) is 9.97 Å². The summed E-state index contributed by atoms with van der Waals surface area (Å²) in [5.74, 6) is 2.24. The minimum absolute atomic E-state index is 0.136. The van der Waals surface area contributed by atoms with Gasteiger partial charge in [0.1, 0.15) is 18.0 Å². The summed E-state index contributed by atoms with van der Waals surface area (Å²) >= 11 is 0. The smallest absolute Gasteiger partial charge is 0.134 e. The van der Waals surface area contributed by atoms with Crippen LogP contribution < -0.4 is 16.0 Å². The molecular weight excluding hydrogens is 274 g/mol. The van der Waals surface area contributed by atoms with Gasteiger partial charge >= 0.3 is 0 Å². The minimum atomic E-state index is 0.136. The topological polar surface area (TPSA) is 67.1 Å². The fraction of sp³-hybridized carbons (Fsp3) is 0.412. The van der Waals surface area contributed by atoms with Crippen molar-refractivity contribution in [1.29, 1.82) is 0 Å². The predicted octanol–water partition coefficient (Wildman–Crippen LogP) is 1.98. The fourth-order valence-electron chi connectivity index (χ4n) is 3.10. The normalized spacial score (nSPS) is 24.5. The first-order valence-corrected chi connectivity index (χ1v) is 7.93. The molecule has 1 aliphatic heterocycles. The summed E-state index contributed by atoms with van der Waals surface area (Å²) in [6.07, 6.45) is 4.12. The van der Waals surface area contributed by atoms with E-state index in [0.29, 0.717) is 12.0 Å². The van der Waals surface area contributed by atoms with E-state index in [1.165, 1.54) is 18.4 Å². The third kappa shape index (κ3) is 2.76. The van der Waals surface area contributed by atoms with Gasteiger partial charge in [0.25, 0.3) is 0 Å². The summed E-state index contributed by atoms with van der Waals surface area (Å²) < 4.78 is 0. The van der Waals surface area contributed by atoms with E-state index < -0.39 is 0 Å². The molecule has 2 atom stereocenters. The summed E-state index contributed by atoms with van der Waals surface area (Å²) in [6.45, 7) is 1.74. The van der Waals surface area contributed by atoms with Crippen molar-refractivity contribution in [3.05, 3.63) is 48.3 Å². The Morgan fingerprint density at radius 3 is 2.68 bits per heavy atom. The molecule has 0 radical (unpaired) electrons. The van der Waals surface area contributed by atoms with E-state index in [0.717, 1.165) is 24.7 Å². The third-order valence-electron chi connectivity index (χ3n) is 4.50. The van der Waals surface area contributed by atoms with Crippen molar-refractivity contribution >= 4 is 11.6 Å². The minimum Gasteiger partial charge on any atom is -0.367 e. The van der Waals surface area contributed by atoms with Gasteiger partial charge in [-0.05, 0) is 18.4 Å². The zero-order valence-corrected chi connectivity index (χ0v) is 12.5. The van der Waals surface area contributed by atoms with Crippen LogP contribution in [0.15, 0.2) is 42.7 Å². The first-order valence-electron chi connectivity index (χ1n) is 7.93. The van der Waals surface area contributed by atoms with Crippen LogP contribution in [0.5, 0.6) is 0 Å². The molecular formula is C17H21N5. The highest BCUT2D eigenvalue weighted by atomic mass is 15.2. The van der Waals surface area contributed by atoms with Gasteiger partial charge in [0, 0.05) is 37.2 Å². The molecule has 22 heavy (non-hydrogen) atoms. The van der Waals surface area contributed by atoms with E-state index in [2.05, 4.69) is 44.5 Å². The first-order chi connectivity index (χ1) is 10.8. The highest BCUT2D eigenvalue weighted by Crippen LogP contribution is 2.30. The van der Waals surface area contributed by atoms with Gasteiger partial charge in [0.15, 0.2) is 0 Å². The van der Waals surface area contributed by atoms with E-state index in [4.69, 9.17) is 5.73 Å². The van der Waals surface area contributed by atoms with Gasteiger partial charge in [-0.1, -0.05) is 30.3 Å². The van der Waals surface area contributed by atoms with Crippen LogP contribution in [0.3, 0.4) is 0 Å². The van der Waals surface area contributed by atoms with Gasteiger partial charge in [0.05, 0.1) is 0 Å². The Labute approximate surface area is 130 Å². The average Bonchev–Trinajstić information content (AvgIpc) is 3.28. The van der Waals surface area contributed by atoms with Crippen LogP contribution in [-0.2, 0) is 0 Å². The molecule has 1 aliphatic carbocycles. The standard InChI is InChI=1S/C17H21N5/c18-15-10-22(9-14(15)12-4-2-1-3-5-12)17-8-16(19-11-20-17)21-13-6-7-13/h1-5,8,11,13-15H,6-7,9-10,18H2,(H,19,20,21)/t14-,15+/m1/s1. The highest BCUT2D eigenvalue weighted by Gasteiger charge is 2.32. The Kier molecular flexibility index (Phi) is 3.42. The maximum absolute atomic E-state index is 6.37. The van der Waals surface area contributed by atoms with E-state index in [9.17, 15) is 0 Å². The zero-order valence-electron chi connectivity index (χ0n) is 12.5. The van der Waals surface area contributed by atoms with E-state index in [1.807, 2.05) is 12.1 Å². The molecule has 1 saturated heterocycles. The number of anilines is 2. The van der Waals surface area contributed by atoms with E-state index in [-0.39, 0.29) is 6.04 Å². The van der Waals surface area contributed by atoms with Crippen molar-refractivity contribution in [2.45, 2.75) is 30.8 Å². The fourth-order valence-corrected chi connectivity index (χ4v) is 3.10. The number of hydrogen-bond acceptors (Lipinski definition) is 5. The van der Waals surface area contributed by atoms with Crippen LogP contribution in [0.25, 0.3) is 0 Å². The predicted molar refractivity (Wildman–Crippen MR) is 88.0 cm³/mol. The molecule has 2 aliphatic rings. The summed E-state index contributed by atoms with van der Waals surface area (Å²) in [4.78, 5) is 11.0. The molecule has 1 saturated carbocycles. The number of hydrogen-bond donors (Lipinski definition) is 2. The molecule has 0 amide bonds. The van der Waals surface area contributed by atoms with Gasteiger partial charge in [-0.3, -0.25) is 0 Å². The van der Waals surface area contributed by atoms with Crippen molar-refractivity contribution in [1.82, 2.24) is 9.97 Å². The van der Waals surface area contributed by atoms with Crippen molar-refractivity contribution in [2.75, 3.05) is 23.3 Å². The Hall–Kier alpha value is -2.14. The lowest BCUT2D eigenvalue weighted by atomic mass is 9.95. The number of nitrogens with two attached hydrogens (primary N) is 1. The summed E-state index contributed by atoms with van der Waals surface area (Å²) in [5.41, 5.74) is 7.68. The van der Waals surface area contributed by atoms with Crippen molar-refractivity contribution in [2.24, 2.45) is 5.73 Å². The second-order valence-corrected chi connectivity index (χ2v) is 6.27. The molecule has 114 valence electrons. The molecule has 0 bridgehead atoms. The van der Waals surface area contributed by atoms with E-state index >= 15 is 0 Å². The maximum Gasteiger partial charge on any atom is 0.134 e. The molecule has 5 heteroatoms. The quantitative estimate of drug-likeness (QED) is 0.903. The Bertz CT molecular complexity index is 641. The Morgan fingerprint density at radius 2 is 1.91 bits per heavy atom. The maximum atomic E-state index is 6.37. The molecule has 1 aromatic carbocycles. The number of aromatic nitrogens is 2. The molecule has 4 rings (SSSR count). The van der Waals surface area contributed by atoms with Crippen LogP contribution in [0.1, 0.15) is 24.3 Å². The zero-order chi connectivity index (χ0) is 14.9. The lowest BCUT2D eigenvalue weighted by Gasteiger charge is -2.18. The van der Waals surface area contributed by atoms with Crippen LogP contribution in [0, 0.1) is 0 Å². The summed E-state index contributed by atoms with van der Waals surface area (Å²) in [6, 6.07) is 13.3. The van der Waals surface area contributed by atoms with Crippen LogP contribution in [0.2, 0.25) is 0 Å². The molecule has 2 fully saturated rings. The van der Waals surface area contributed by atoms with Crippen molar-refractivity contribution in [3.8, 4) is 0 Å². The summed E-state index contributed by atoms with van der Waals surface area (Å²) in [7, 11) is 0. The van der Waals surface area contributed by atoms with Crippen molar-refractivity contribution < 1.29 is 0 Å². The van der Waals surface area contributed by atoms with E-state index in [1.54, 1.807) is 6.33 Å². The second-order valence-electron chi connectivity index (χ2n) is 6.27. The lowest BCUT2D eigenvalue weighted by molar-refractivity contribution is 0.653. The van der Waals surface area contributed by atoms with Crippen molar-refractivity contribution in [3.63, 3.8) is 0 Å².